The Bertz CT molecular complexity index is 346. The summed E-state index contributed by atoms with van der Waals surface area (Å²) in [5.74, 6) is -0.231. The zero-order chi connectivity index (χ0) is 17.2. The molecular formula is C17H34N2O3. The average molecular weight is 314 g/mol. The first-order valence-electron chi connectivity index (χ1n) is 8.00. The first-order chi connectivity index (χ1) is 10.0. The fourth-order valence-corrected chi connectivity index (χ4v) is 1.63. The largest absolute Gasteiger partial charge is 0.387 e. The van der Waals surface area contributed by atoms with Gasteiger partial charge in [-0.05, 0) is 47.5 Å². The zero-order valence-corrected chi connectivity index (χ0v) is 15.0. The summed E-state index contributed by atoms with van der Waals surface area (Å²) in [5.41, 5.74) is 5.44. The Morgan fingerprint density at radius 2 is 1.73 bits per heavy atom. The molecule has 0 aromatic heterocycles. The van der Waals surface area contributed by atoms with Crippen LogP contribution in [0.3, 0.4) is 0 Å². The van der Waals surface area contributed by atoms with E-state index in [1.54, 1.807) is 0 Å². The smallest absolute Gasteiger partial charge is 0.217 e. The number of hydrogen-bond donors (Lipinski definition) is 2. The van der Waals surface area contributed by atoms with Gasteiger partial charge < -0.3 is 20.5 Å². The summed E-state index contributed by atoms with van der Waals surface area (Å²) in [6.07, 6.45) is 3.28. The number of ether oxygens (including phenoxy) is 2. The Morgan fingerprint density at radius 1 is 1.09 bits per heavy atom. The maximum atomic E-state index is 10.6. The van der Waals surface area contributed by atoms with Crippen LogP contribution in [0.2, 0.25) is 0 Å². The predicted octanol–water partition coefficient (Wildman–Crippen LogP) is 2.75. The molecule has 0 aliphatic rings. The summed E-state index contributed by atoms with van der Waals surface area (Å²) in [5, 5.41) is 3.24. The van der Waals surface area contributed by atoms with Crippen LogP contribution in [0.25, 0.3) is 0 Å². The van der Waals surface area contributed by atoms with Gasteiger partial charge in [0, 0.05) is 18.7 Å². The molecule has 0 aromatic rings. The Hall–Kier alpha value is -1.07. The van der Waals surface area contributed by atoms with Crippen LogP contribution < -0.4 is 11.1 Å². The molecule has 5 heteroatoms. The van der Waals surface area contributed by atoms with Crippen molar-refractivity contribution in [2.45, 2.75) is 71.5 Å². The van der Waals surface area contributed by atoms with Crippen LogP contribution in [0.15, 0.2) is 12.3 Å². The second-order valence-electron chi connectivity index (χ2n) is 7.26. The molecule has 0 aromatic carbocycles. The Kier molecular flexibility index (Phi) is 9.37. The number of nitrogens with two attached hydrogens (primary N) is 1. The number of carbonyl (C=O) groups excluding carboxylic acids is 1. The highest BCUT2D eigenvalue weighted by Crippen LogP contribution is 2.16. The number of carbonyl (C=O) groups is 1. The van der Waals surface area contributed by atoms with Crippen LogP contribution >= 0.6 is 0 Å². The maximum Gasteiger partial charge on any atom is 0.217 e. The van der Waals surface area contributed by atoms with Gasteiger partial charge in [-0.15, -0.1) is 0 Å². The van der Waals surface area contributed by atoms with E-state index >= 15 is 0 Å². The van der Waals surface area contributed by atoms with E-state index in [-0.39, 0.29) is 17.1 Å². The first kappa shape index (κ1) is 20.9. The normalized spacial score (nSPS) is 12.2. The molecule has 0 spiro atoms. The van der Waals surface area contributed by atoms with E-state index < -0.39 is 0 Å². The molecule has 0 rings (SSSR count). The molecule has 0 unspecified atom stereocenters. The molecule has 3 N–H and O–H groups in total. The van der Waals surface area contributed by atoms with Crippen LogP contribution in [0.4, 0.5) is 0 Å². The van der Waals surface area contributed by atoms with Gasteiger partial charge in [0.05, 0.1) is 24.4 Å². The monoisotopic (exact) mass is 314 g/mol. The number of unbranched alkanes of at least 4 members (excludes halogenated alkanes) is 2. The standard InChI is InChI=1S/C17H34N2O3/c1-14(19-11-9-7-8-10-15(18)20)12-21-17(5,6)13-22-16(2,3)4/h19H,1,7-13H2,2-6H3,(H2,18,20). The fourth-order valence-electron chi connectivity index (χ4n) is 1.63. The third kappa shape index (κ3) is 13.9. The Morgan fingerprint density at radius 3 is 2.27 bits per heavy atom. The van der Waals surface area contributed by atoms with E-state index in [2.05, 4.69) is 11.9 Å². The quantitative estimate of drug-likeness (QED) is 0.543. The summed E-state index contributed by atoms with van der Waals surface area (Å²) in [6.45, 7) is 15.9. The third-order valence-corrected chi connectivity index (χ3v) is 2.96. The minimum Gasteiger partial charge on any atom is -0.387 e. The lowest BCUT2D eigenvalue weighted by Gasteiger charge is -2.30. The van der Waals surface area contributed by atoms with Gasteiger partial charge in [-0.25, -0.2) is 0 Å². The zero-order valence-electron chi connectivity index (χ0n) is 15.0. The lowest BCUT2D eigenvalue weighted by Crippen LogP contribution is -2.36. The summed E-state index contributed by atoms with van der Waals surface area (Å²) in [7, 11) is 0. The molecule has 0 aliphatic heterocycles. The molecule has 0 saturated carbocycles. The van der Waals surface area contributed by atoms with E-state index in [4.69, 9.17) is 15.2 Å². The minimum absolute atomic E-state index is 0.166. The van der Waals surface area contributed by atoms with Crippen molar-refractivity contribution < 1.29 is 14.3 Å². The molecule has 0 heterocycles. The van der Waals surface area contributed by atoms with Crippen molar-refractivity contribution in [3.8, 4) is 0 Å². The Labute approximate surface area is 135 Å². The first-order valence-corrected chi connectivity index (χ1v) is 8.00. The van der Waals surface area contributed by atoms with Crippen molar-refractivity contribution in [2.24, 2.45) is 5.73 Å². The van der Waals surface area contributed by atoms with Gasteiger partial charge in [0.25, 0.3) is 0 Å². The molecule has 22 heavy (non-hydrogen) atoms. The highest BCUT2D eigenvalue weighted by molar-refractivity contribution is 5.73. The van der Waals surface area contributed by atoms with Crippen molar-refractivity contribution in [3.63, 3.8) is 0 Å². The molecular weight excluding hydrogens is 280 g/mol. The molecule has 0 radical (unpaired) electrons. The SMILES string of the molecule is C=C(COC(C)(C)COC(C)(C)C)NCCCCCC(N)=O. The maximum absolute atomic E-state index is 10.6. The van der Waals surface area contributed by atoms with E-state index in [1.807, 2.05) is 34.6 Å². The van der Waals surface area contributed by atoms with Crippen LogP contribution in [-0.4, -0.2) is 36.9 Å². The molecule has 0 saturated heterocycles. The van der Waals surface area contributed by atoms with E-state index in [9.17, 15) is 4.79 Å². The number of hydrogen-bond acceptors (Lipinski definition) is 4. The summed E-state index contributed by atoms with van der Waals surface area (Å²) < 4.78 is 11.6. The van der Waals surface area contributed by atoms with E-state index in [0.717, 1.165) is 31.5 Å². The third-order valence-electron chi connectivity index (χ3n) is 2.96. The minimum atomic E-state index is -0.348. The highest BCUT2D eigenvalue weighted by atomic mass is 16.6. The van der Waals surface area contributed by atoms with Gasteiger partial charge in [-0.3, -0.25) is 4.79 Å². The molecule has 5 nitrogen and oxygen atoms in total. The van der Waals surface area contributed by atoms with Crippen LogP contribution in [0, 0.1) is 0 Å². The van der Waals surface area contributed by atoms with E-state index in [0.29, 0.717) is 19.6 Å². The number of rotatable bonds is 12. The molecule has 0 bridgehead atoms. The van der Waals surface area contributed by atoms with Gasteiger partial charge in [-0.1, -0.05) is 13.0 Å². The molecule has 0 aliphatic carbocycles. The number of primary amides is 1. The van der Waals surface area contributed by atoms with Crippen molar-refractivity contribution in [1.29, 1.82) is 0 Å². The number of amides is 1. The number of nitrogens with one attached hydrogen (secondary N) is 1. The average Bonchev–Trinajstić information content (AvgIpc) is 2.37. The predicted molar refractivity (Wildman–Crippen MR) is 90.5 cm³/mol. The second-order valence-corrected chi connectivity index (χ2v) is 7.26. The summed E-state index contributed by atoms with van der Waals surface area (Å²) in [6, 6.07) is 0. The lowest BCUT2D eigenvalue weighted by atomic mass is 10.1. The Balaban J connectivity index is 3.73. The van der Waals surface area contributed by atoms with Gasteiger partial charge in [0.2, 0.25) is 5.91 Å². The van der Waals surface area contributed by atoms with E-state index in [1.165, 1.54) is 0 Å². The molecule has 1 amide bonds. The van der Waals surface area contributed by atoms with Crippen LogP contribution in [0.5, 0.6) is 0 Å². The van der Waals surface area contributed by atoms with Crippen LogP contribution in [-0.2, 0) is 14.3 Å². The summed E-state index contributed by atoms with van der Waals surface area (Å²) in [4.78, 5) is 10.6. The van der Waals surface area contributed by atoms with Gasteiger partial charge >= 0.3 is 0 Å². The van der Waals surface area contributed by atoms with Crippen LogP contribution in [0.1, 0.15) is 60.3 Å². The highest BCUT2D eigenvalue weighted by Gasteiger charge is 2.22. The molecule has 130 valence electrons. The van der Waals surface area contributed by atoms with Crippen molar-refractivity contribution in [1.82, 2.24) is 5.32 Å². The second kappa shape index (κ2) is 9.85. The summed E-state index contributed by atoms with van der Waals surface area (Å²) >= 11 is 0. The fraction of sp³-hybridized carbons (Fsp3) is 0.824. The van der Waals surface area contributed by atoms with Gasteiger partial charge in [0.15, 0.2) is 0 Å². The lowest BCUT2D eigenvalue weighted by molar-refractivity contribution is -0.118. The van der Waals surface area contributed by atoms with Gasteiger partial charge in [0.1, 0.15) is 0 Å². The molecule has 0 atom stereocenters. The van der Waals surface area contributed by atoms with Gasteiger partial charge in [-0.2, -0.15) is 0 Å². The van der Waals surface area contributed by atoms with Crippen molar-refractivity contribution >= 4 is 5.91 Å². The topological polar surface area (TPSA) is 73.6 Å². The van der Waals surface area contributed by atoms with Crippen molar-refractivity contribution in [3.05, 3.63) is 12.3 Å². The molecule has 0 fully saturated rings. The van der Waals surface area contributed by atoms with Crippen molar-refractivity contribution in [2.75, 3.05) is 19.8 Å².